The molecule has 0 unspecified atom stereocenters. The number of carbonyl (C=O) groups excluding carboxylic acids is 2. The largest absolute Gasteiger partial charge is 1.00 e. The third-order valence-corrected chi connectivity index (χ3v) is 0.729. The van der Waals surface area contributed by atoms with Gasteiger partial charge in [0.25, 0.3) is 0 Å². The fraction of sp³-hybridized carbons (Fsp3) is 0.200. The van der Waals surface area contributed by atoms with Crippen molar-refractivity contribution in [2.75, 3.05) is 0 Å². The summed E-state index contributed by atoms with van der Waals surface area (Å²) < 4.78 is 0. The molecule has 0 heterocycles. The standard InChI is InChI=1S/C5H6O4.2K/c1-2-3(4(6)7)5(8)9;;/h2H,1H3,(H,6,7)(H,8,9);;/q;2*+1/p-2. The van der Waals surface area contributed by atoms with Gasteiger partial charge in [0.2, 0.25) is 0 Å². The zero-order valence-electron chi connectivity index (χ0n) is 6.71. The van der Waals surface area contributed by atoms with Crippen molar-refractivity contribution in [2.45, 2.75) is 6.92 Å². The van der Waals surface area contributed by atoms with E-state index in [1.807, 2.05) is 0 Å². The Morgan fingerprint density at radius 2 is 1.36 bits per heavy atom. The quantitative estimate of drug-likeness (QED) is 0.194. The molecule has 0 aliphatic rings. The van der Waals surface area contributed by atoms with Crippen LogP contribution in [0.1, 0.15) is 6.92 Å². The summed E-state index contributed by atoms with van der Waals surface area (Å²) in [5.41, 5.74) is -0.824. The van der Waals surface area contributed by atoms with Gasteiger partial charge >= 0.3 is 103 Å². The molecule has 0 aromatic rings. The van der Waals surface area contributed by atoms with Crippen LogP contribution in [0.4, 0.5) is 0 Å². The molecule has 0 aromatic heterocycles. The van der Waals surface area contributed by atoms with Crippen LogP contribution in [0, 0.1) is 0 Å². The topological polar surface area (TPSA) is 80.3 Å². The molecular formula is C5H4K2O4. The predicted octanol–water partition coefficient (Wildman–Crippen LogP) is -8.56. The maximum atomic E-state index is 9.77. The van der Waals surface area contributed by atoms with E-state index in [1.54, 1.807) is 0 Å². The third-order valence-electron chi connectivity index (χ3n) is 0.729. The van der Waals surface area contributed by atoms with Crippen LogP contribution >= 0.6 is 0 Å². The van der Waals surface area contributed by atoms with Gasteiger partial charge in [-0.25, -0.2) is 0 Å². The number of aliphatic carboxylic acids is 2. The van der Waals surface area contributed by atoms with E-state index >= 15 is 0 Å². The molecule has 0 radical (unpaired) electrons. The second-order valence-corrected chi connectivity index (χ2v) is 1.28. The predicted molar refractivity (Wildman–Crippen MR) is 23.8 cm³/mol. The van der Waals surface area contributed by atoms with Crippen LogP contribution in [0.5, 0.6) is 0 Å². The second-order valence-electron chi connectivity index (χ2n) is 1.28. The van der Waals surface area contributed by atoms with Crippen molar-refractivity contribution >= 4 is 11.9 Å². The van der Waals surface area contributed by atoms with Crippen molar-refractivity contribution in [3.05, 3.63) is 11.6 Å². The molecule has 0 rings (SSSR count). The van der Waals surface area contributed by atoms with Gasteiger partial charge in [0, 0.05) is 5.57 Å². The zero-order chi connectivity index (χ0) is 7.44. The first-order valence-electron chi connectivity index (χ1n) is 2.18. The molecule has 0 spiro atoms. The molecule has 0 amide bonds. The average molecular weight is 206 g/mol. The number of hydrogen-bond donors (Lipinski definition) is 0. The maximum absolute atomic E-state index is 9.77. The third kappa shape index (κ3) is 8.29. The second kappa shape index (κ2) is 10.0. The average Bonchev–Trinajstić information content (AvgIpc) is 1.64. The summed E-state index contributed by atoms with van der Waals surface area (Å²) in [6.45, 7) is 1.28. The van der Waals surface area contributed by atoms with Crippen molar-refractivity contribution in [3.8, 4) is 0 Å². The molecule has 0 atom stereocenters. The van der Waals surface area contributed by atoms with Gasteiger partial charge in [0.15, 0.2) is 0 Å². The van der Waals surface area contributed by atoms with E-state index in [0.29, 0.717) is 0 Å². The van der Waals surface area contributed by atoms with Gasteiger partial charge in [-0.05, 0) is 6.92 Å². The number of rotatable bonds is 2. The molecule has 0 aromatic carbocycles. The summed E-state index contributed by atoms with van der Waals surface area (Å²) in [6, 6.07) is 0. The summed E-state index contributed by atoms with van der Waals surface area (Å²) in [4.78, 5) is 19.5. The molecule has 50 valence electrons. The first-order valence-corrected chi connectivity index (χ1v) is 2.18. The normalized spacial score (nSPS) is 6.64. The monoisotopic (exact) mass is 206 g/mol. The van der Waals surface area contributed by atoms with Crippen molar-refractivity contribution in [2.24, 2.45) is 0 Å². The molecule has 0 fully saturated rings. The Morgan fingerprint density at radius 1 is 1.09 bits per heavy atom. The molecule has 0 saturated carbocycles. The smallest absolute Gasteiger partial charge is 0.545 e. The zero-order valence-corrected chi connectivity index (χ0v) is 13.0. The van der Waals surface area contributed by atoms with Gasteiger partial charge in [-0.2, -0.15) is 0 Å². The SMILES string of the molecule is CC=C(C(=O)[O-])C(=O)[O-].[K+].[K+]. The van der Waals surface area contributed by atoms with E-state index in [4.69, 9.17) is 0 Å². The van der Waals surface area contributed by atoms with E-state index in [0.717, 1.165) is 6.08 Å². The molecule has 0 aliphatic heterocycles. The molecule has 0 saturated heterocycles. The number of carboxylic acid groups (broad SMARTS) is 2. The van der Waals surface area contributed by atoms with Crippen molar-refractivity contribution in [1.82, 2.24) is 0 Å². The van der Waals surface area contributed by atoms with E-state index < -0.39 is 17.5 Å². The van der Waals surface area contributed by atoms with Crippen LogP contribution in [0.25, 0.3) is 0 Å². The van der Waals surface area contributed by atoms with Gasteiger partial charge < -0.3 is 19.8 Å². The van der Waals surface area contributed by atoms with Crippen molar-refractivity contribution in [1.29, 1.82) is 0 Å². The molecule has 0 bridgehead atoms. The minimum Gasteiger partial charge on any atom is -0.545 e. The van der Waals surface area contributed by atoms with E-state index in [1.165, 1.54) is 6.92 Å². The van der Waals surface area contributed by atoms with Gasteiger partial charge in [0.1, 0.15) is 0 Å². The molecule has 6 heteroatoms. The first-order chi connectivity index (χ1) is 4.09. The molecule has 11 heavy (non-hydrogen) atoms. The van der Waals surface area contributed by atoms with Gasteiger partial charge in [0.05, 0.1) is 11.9 Å². The summed E-state index contributed by atoms with van der Waals surface area (Å²) in [5.74, 6) is -3.45. The van der Waals surface area contributed by atoms with Crippen LogP contribution in [-0.4, -0.2) is 11.9 Å². The number of carboxylic acids is 2. The fourth-order valence-electron chi connectivity index (χ4n) is 0.319. The Kier molecular flexibility index (Phi) is 17.0. The molecule has 0 aliphatic carbocycles. The Bertz CT molecular complexity index is 159. The van der Waals surface area contributed by atoms with Crippen LogP contribution in [-0.2, 0) is 9.59 Å². The fourth-order valence-corrected chi connectivity index (χ4v) is 0.319. The Balaban J connectivity index is -0.000000320. The Labute approximate surface area is 149 Å². The van der Waals surface area contributed by atoms with E-state index in [-0.39, 0.29) is 103 Å². The summed E-state index contributed by atoms with van der Waals surface area (Å²) >= 11 is 0. The number of hydrogen-bond acceptors (Lipinski definition) is 4. The van der Waals surface area contributed by atoms with Gasteiger partial charge in [-0.1, -0.05) is 6.08 Å². The summed E-state index contributed by atoms with van der Waals surface area (Å²) in [5, 5.41) is 19.5. The first kappa shape index (κ1) is 18.7. The molecular weight excluding hydrogens is 202 g/mol. The minimum absolute atomic E-state index is 0. The molecule has 0 N–H and O–H groups in total. The van der Waals surface area contributed by atoms with Gasteiger partial charge in [-0.3, -0.25) is 0 Å². The Hall–Kier alpha value is 1.95. The summed E-state index contributed by atoms with van der Waals surface area (Å²) in [7, 11) is 0. The van der Waals surface area contributed by atoms with Crippen LogP contribution < -0.4 is 113 Å². The van der Waals surface area contributed by atoms with Crippen LogP contribution in [0.15, 0.2) is 11.6 Å². The minimum atomic E-state index is -1.72. The van der Waals surface area contributed by atoms with Crippen LogP contribution in [0.3, 0.4) is 0 Å². The van der Waals surface area contributed by atoms with E-state index in [9.17, 15) is 19.8 Å². The number of allylic oxidation sites excluding steroid dienone is 1. The summed E-state index contributed by atoms with van der Waals surface area (Å²) in [6.07, 6.45) is 0.907. The van der Waals surface area contributed by atoms with E-state index in [2.05, 4.69) is 0 Å². The van der Waals surface area contributed by atoms with Crippen LogP contribution in [0.2, 0.25) is 0 Å². The number of carbonyl (C=O) groups is 2. The van der Waals surface area contributed by atoms with Gasteiger partial charge in [-0.15, -0.1) is 0 Å². The molecule has 4 nitrogen and oxygen atoms in total. The Morgan fingerprint density at radius 3 is 1.36 bits per heavy atom. The maximum Gasteiger partial charge on any atom is 1.00 e. The van der Waals surface area contributed by atoms with Crippen molar-refractivity contribution < 1.29 is 123 Å². The van der Waals surface area contributed by atoms with Crippen molar-refractivity contribution in [3.63, 3.8) is 0 Å².